The number of hydrogen-bond acceptors (Lipinski definition) is 6. The second-order valence-corrected chi connectivity index (χ2v) is 8.31. The maximum absolute atomic E-state index is 9.13. The second kappa shape index (κ2) is 8.98. The fourth-order valence-electron chi connectivity index (χ4n) is 4.35. The minimum atomic E-state index is 0.254. The molecule has 6 nitrogen and oxygen atoms in total. The number of aromatic nitrogens is 2. The lowest BCUT2D eigenvalue weighted by Gasteiger charge is -2.25. The molecule has 0 fully saturated rings. The molecule has 0 amide bonds. The Morgan fingerprint density at radius 2 is 1.91 bits per heavy atom. The van der Waals surface area contributed by atoms with Crippen LogP contribution in [0.4, 0.5) is 17.5 Å². The summed E-state index contributed by atoms with van der Waals surface area (Å²) in [4.78, 5) is 9.26. The van der Waals surface area contributed by atoms with E-state index >= 15 is 0 Å². The first-order valence-corrected chi connectivity index (χ1v) is 10.7. The molecule has 1 atom stereocenters. The van der Waals surface area contributed by atoms with E-state index in [1.807, 2.05) is 37.3 Å². The van der Waals surface area contributed by atoms with Gasteiger partial charge >= 0.3 is 0 Å². The Labute approximate surface area is 193 Å². The van der Waals surface area contributed by atoms with Crippen LogP contribution in [0.1, 0.15) is 38.3 Å². The SMILES string of the molecule is CC1=C(c2cccc3c(N)nc(Nc4ccc(C#N)cc4)nc23)C(C)CC(/C=C(\C)C#N)=C1. The molecular formula is C27H24N6. The number of nitrogens with zero attached hydrogens (tertiary/aromatic N) is 4. The summed E-state index contributed by atoms with van der Waals surface area (Å²) in [6.45, 7) is 6.12. The molecule has 3 aromatic rings. The Kier molecular flexibility index (Phi) is 5.93. The van der Waals surface area contributed by atoms with Gasteiger partial charge < -0.3 is 11.1 Å². The van der Waals surface area contributed by atoms with Crippen molar-refractivity contribution in [3.05, 3.63) is 82.5 Å². The topological polar surface area (TPSA) is 111 Å². The number of nitrogens with one attached hydrogen (secondary N) is 1. The molecule has 1 heterocycles. The maximum Gasteiger partial charge on any atom is 0.229 e. The van der Waals surface area contributed by atoms with Gasteiger partial charge in [-0.05, 0) is 79.3 Å². The maximum atomic E-state index is 9.13. The zero-order chi connectivity index (χ0) is 23.5. The highest BCUT2D eigenvalue weighted by molar-refractivity contribution is 5.98. The Bertz CT molecular complexity index is 1410. The van der Waals surface area contributed by atoms with E-state index in [0.717, 1.165) is 39.7 Å². The van der Waals surface area contributed by atoms with Gasteiger partial charge in [0.1, 0.15) is 5.82 Å². The van der Waals surface area contributed by atoms with Crippen molar-refractivity contribution in [1.82, 2.24) is 9.97 Å². The molecule has 3 N–H and O–H groups in total. The third-order valence-electron chi connectivity index (χ3n) is 5.76. The van der Waals surface area contributed by atoms with Crippen LogP contribution >= 0.6 is 0 Å². The molecule has 33 heavy (non-hydrogen) atoms. The van der Waals surface area contributed by atoms with Crippen molar-refractivity contribution in [2.24, 2.45) is 5.92 Å². The zero-order valence-electron chi connectivity index (χ0n) is 18.8. The summed E-state index contributed by atoms with van der Waals surface area (Å²) in [5, 5.41) is 22.1. The summed E-state index contributed by atoms with van der Waals surface area (Å²) in [5.41, 5.74) is 13.7. The van der Waals surface area contributed by atoms with Crippen LogP contribution in [-0.2, 0) is 0 Å². The van der Waals surface area contributed by atoms with E-state index in [2.05, 4.69) is 48.4 Å². The van der Waals surface area contributed by atoms with Crippen molar-refractivity contribution in [2.45, 2.75) is 27.2 Å². The van der Waals surface area contributed by atoms with E-state index in [1.165, 1.54) is 5.57 Å². The molecule has 2 aromatic carbocycles. The molecule has 1 aromatic heterocycles. The van der Waals surface area contributed by atoms with Gasteiger partial charge in [-0.25, -0.2) is 4.98 Å². The summed E-state index contributed by atoms with van der Waals surface area (Å²) in [6, 6.07) is 17.4. The third kappa shape index (κ3) is 4.46. The van der Waals surface area contributed by atoms with Gasteiger partial charge in [0.2, 0.25) is 5.95 Å². The smallest absolute Gasteiger partial charge is 0.229 e. The average Bonchev–Trinajstić information content (AvgIpc) is 2.79. The highest BCUT2D eigenvalue weighted by atomic mass is 15.1. The quantitative estimate of drug-likeness (QED) is 0.486. The van der Waals surface area contributed by atoms with Crippen molar-refractivity contribution < 1.29 is 0 Å². The Hall–Kier alpha value is -4.42. The molecule has 0 radical (unpaired) electrons. The normalized spacial score (nSPS) is 16.2. The van der Waals surface area contributed by atoms with Gasteiger partial charge in [-0.2, -0.15) is 15.5 Å². The van der Waals surface area contributed by atoms with Crippen LogP contribution in [0.3, 0.4) is 0 Å². The van der Waals surface area contributed by atoms with Gasteiger partial charge in [-0.15, -0.1) is 0 Å². The molecule has 1 aliphatic rings. The first-order chi connectivity index (χ1) is 15.9. The lowest BCUT2D eigenvalue weighted by atomic mass is 9.80. The standard InChI is InChI=1S/C27H24N6/c1-16(14-28)11-20-12-17(2)24(18(3)13-20)22-5-4-6-23-25(22)32-27(33-26(23)30)31-21-9-7-19(15-29)8-10-21/h4-12,18H,13H2,1-3H3,(H3,30,31,32,33)/b16-11+. The van der Waals surface area contributed by atoms with Crippen molar-refractivity contribution in [2.75, 3.05) is 11.1 Å². The fourth-order valence-corrected chi connectivity index (χ4v) is 4.35. The number of anilines is 3. The Balaban J connectivity index is 1.81. The number of nitrogens with two attached hydrogens (primary N) is 1. The number of benzene rings is 2. The number of nitriles is 2. The second-order valence-electron chi connectivity index (χ2n) is 8.31. The molecule has 0 bridgehead atoms. The van der Waals surface area contributed by atoms with Gasteiger partial charge in [-0.1, -0.05) is 25.1 Å². The van der Waals surface area contributed by atoms with Crippen molar-refractivity contribution in [3.63, 3.8) is 0 Å². The minimum absolute atomic E-state index is 0.254. The van der Waals surface area contributed by atoms with E-state index in [4.69, 9.17) is 21.2 Å². The lowest BCUT2D eigenvalue weighted by molar-refractivity contribution is 0.732. The molecule has 0 spiro atoms. The summed E-state index contributed by atoms with van der Waals surface area (Å²) < 4.78 is 0. The highest BCUT2D eigenvalue weighted by Crippen LogP contribution is 2.40. The van der Waals surface area contributed by atoms with Crippen molar-refractivity contribution >= 4 is 33.9 Å². The third-order valence-corrected chi connectivity index (χ3v) is 5.76. The molecule has 162 valence electrons. The number of para-hydroxylation sites is 1. The minimum Gasteiger partial charge on any atom is -0.383 e. The number of allylic oxidation sites excluding steroid dienone is 6. The fraction of sp³-hybridized carbons (Fsp3) is 0.185. The van der Waals surface area contributed by atoms with E-state index in [1.54, 1.807) is 12.1 Å². The van der Waals surface area contributed by atoms with Gasteiger partial charge in [0.05, 0.1) is 23.2 Å². The molecule has 0 saturated carbocycles. The highest BCUT2D eigenvalue weighted by Gasteiger charge is 2.22. The monoisotopic (exact) mass is 432 g/mol. The van der Waals surface area contributed by atoms with E-state index in [0.29, 0.717) is 22.9 Å². The van der Waals surface area contributed by atoms with Gasteiger partial charge in [0.25, 0.3) is 0 Å². The van der Waals surface area contributed by atoms with Crippen LogP contribution < -0.4 is 11.1 Å². The van der Waals surface area contributed by atoms with Crippen molar-refractivity contribution in [1.29, 1.82) is 10.5 Å². The van der Waals surface area contributed by atoms with E-state index < -0.39 is 0 Å². The van der Waals surface area contributed by atoms with E-state index in [9.17, 15) is 0 Å². The molecule has 1 aliphatic carbocycles. The Morgan fingerprint density at radius 3 is 2.58 bits per heavy atom. The first-order valence-electron chi connectivity index (χ1n) is 10.7. The predicted molar refractivity (Wildman–Crippen MR) is 132 cm³/mol. The summed E-state index contributed by atoms with van der Waals surface area (Å²) in [5.74, 6) is 1.07. The zero-order valence-corrected chi connectivity index (χ0v) is 18.8. The summed E-state index contributed by atoms with van der Waals surface area (Å²) in [6.07, 6.45) is 4.95. The molecule has 6 heteroatoms. The molecule has 1 unspecified atom stereocenters. The summed E-state index contributed by atoms with van der Waals surface area (Å²) in [7, 11) is 0. The molecule has 0 saturated heterocycles. The van der Waals surface area contributed by atoms with Crippen LogP contribution in [0.25, 0.3) is 16.5 Å². The summed E-state index contributed by atoms with van der Waals surface area (Å²) >= 11 is 0. The lowest BCUT2D eigenvalue weighted by Crippen LogP contribution is -2.09. The van der Waals surface area contributed by atoms with Crippen molar-refractivity contribution in [3.8, 4) is 12.1 Å². The first kappa shape index (κ1) is 21.8. The van der Waals surface area contributed by atoms with Gasteiger partial charge in [0, 0.05) is 22.2 Å². The van der Waals surface area contributed by atoms with Crippen LogP contribution in [0.2, 0.25) is 0 Å². The number of rotatable bonds is 4. The van der Waals surface area contributed by atoms with Crippen LogP contribution in [0.5, 0.6) is 0 Å². The Morgan fingerprint density at radius 1 is 1.15 bits per heavy atom. The predicted octanol–water partition coefficient (Wildman–Crippen LogP) is 6.04. The molecule has 0 aliphatic heterocycles. The number of nitrogen functional groups attached to an aromatic ring is 1. The molecule has 4 rings (SSSR count). The largest absolute Gasteiger partial charge is 0.383 e. The van der Waals surface area contributed by atoms with E-state index in [-0.39, 0.29) is 5.92 Å². The van der Waals surface area contributed by atoms with Gasteiger partial charge in [0.15, 0.2) is 0 Å². The van der Waals surface area contributed by atoms with Crippen LogP contribution in [-0.4, -0.2) is 9.97 Å². The number of fused-ring (bicyclic) bond motifs is 1. The van der Waals surface area contributed by atoms with Crippen LogP contribution in [0.15, 0.2) is 71.3 Å². The van der Waals surface area contributed by atoms with Crippen LogP contribution in [0, 0.1) is 28.6 Å². The average molecular weight is 433 g/mol. The van der Waals surface area contributed by atoms with Gasteiger partial charge in [-0.3, -0.25) is 0 Å². The number of hydrogen-bond donors (Lipinski definition) is 2. The molecular weight excluding hydrogens is 408 g/mol.